The Balaban J connectivity index is 2.18. The lowest BCUT2D eigenvalue weighted by molar-refractivity contribution is -0.117. The summed E-state index contributed by atoms with van der Waals surface area (Å²) in [5.41, 5.74) is 6.23. The molecule has 22 heteroatoms. The zero-order chi connectivity index (χ0) is 25.9. The molecule has 2 heterocycles. The first-order chi connectivity index (χ1) is 15.5. The van der Waals surface area contributed by atoms with Crippen LogP contribution in [0.3, 0.4) is 0 Å². The Hall–Kier alpha value is -1.14. The van der Waals surface area contributed by atoms with E-state index >= 15 is 0 Å². The van der Waals surface area contributed by atoms with Crippen LogP contribution in [-0.4, -0.2) is 74.7 Å². The number of rotatable bonds is 13. The Labute approximate surface area is 195 Å². The molecule has 0 saturated carbocycles. The summed E-state index contributed by atoms with van der Waals surface area (Å²) in [5, 5.41) is 19.3. The number of nitrogen functional groups attached to an aromatic ring is 1. The molecule has 0 amide bonds. The van der Waals surface area contributed by atoms with Gasteiger partial charge >= 0.3 is 23.5 Å². The van der Waals surface area contributed by atoms with Crippen molar-refractivity contribution in [3.05, 3.63) is 11.0 Å². The van der Waals surface area contributed by atoms with Crippen LogP contribution in [0.4, 0.5) is 5.95 Å². The molecular weight excluding hydrogens is 547 g/mol. The number of aliphatic hydroxyl groups excluding tert-OH is 2. The highest BCUT2D eigenvalue weighted by atomic mass is 32.1. The van der Waals surface area contributed by atoms with Gasteiger partial charge in [-0.1, -0.05) is 12.2 Å². The van der Waals surface area contributed by atoms with Crippen LogP contribution in [0.15, 0.2) is 6.33 Å². The molecule has 0 spiro atoms. The van der Waals surface area contributed by atoms with E-state index in [2.05, 4.69) is 28.1 Å². The maximum Gasteiger partial charge on any atom is 0.490 e. The second kappa shape index (κ2) is 11.3. The van der Waals surface area contributed by atoms with Crippen molar-refractivity contribution in [1.82, 2.24) is 19.5 Å². The van der Waals surface area contributed by atoms with Crippen molar-refractivity contribution in [2.24, 2.45) is 0 Å². The van der Waals surface area contributed by atoms with Crippen molar-refractivity contribution >= 4 is 52.8 Å². The second-order valence-electron chi connectivity index (χ2n) is 6.52. The van der Waals surface area contributed by atoms with E-state index in [4.69, 9.17) is 37.6 Å². The minimum Gasteiger partial charge on any atom is -0.396 e. The van der Waals surface area contributed by atoms with Crippen LogP contribution in [0.1, 0.15) is 19.6 Å². The molecule has 0 aromatic carbocycles. The van der Waals surface area contributed by atoms with Crippen LogP contribution in [0, 0.1) is 4.64 Å². The molecular formula is C12H22N5O13P3S. The average Bonchev–Trinajstić information content (AvgIpc) is 3.06. The van der Waals surface area contributed by atoms with E-state index in [0.29, 0.717) is 5.65 Å². The van der Waals surface area contributed by atoms with Gasteiger partial charge in [-0.3, -0.25) is 9.09 Å². The number of hydrogen-bond donors (Lipinski definition) is 8. The summed E-state index contributed by atoms with van der Waals surface area (Å²) >= 11 is 5.07. The molecule has 0 bridgehead atoms. The standard InChI is InChI=1S/C12H22N5O13P3S/c1-6(17-5-14-9-10(17)15-12(13)16-11(9)34)28-8(7(19)2-3-18)4-27-32(23,24)30-33(25,26)29-31(20,21)22/h5-8,18-19H,2-4H2,1H3,(H,23,24)(H,25,26)(H2,20,21,22)(H3,13,15,16,34)/t6?,7-,8-/m1/s1. The number of nitrogens with two attached hydrogens (primary N) is 1. The summed E-state index contributed by atoms with van der Waals surface area (Å²) in [5.74, 6) is -0.0176. The third-order valence-corrected chi connectivity index (χ3v) is 7.99. The van der Waals surface area contributed by atoms with E-state index in [1.807, 2.05) is 0 Å². The van der Waals surface area contributed by atoms with Gasteiger partial charge in [-0.2, -0.15) is 8.62 Å². The van der Waals surface area contributed by atoms with Crippen molar-refractivity contribution in [2.45, 2.75) is 31.8 Å². The van der Waals surface area contributed by atoms with Crippen LogP contribution in [0.5, 0.6) is 0 Å². The second-order valence-corrected chi connectivity index (χ2v) is 11.3. The van der Waals surface area contributed by atoms with Crippen molar-refractivity contribution in [1.29, 1.82) is 0 Å². The van der Waals surface area contributed by atoms with Crippen LogP contribution < -0.4 is 5.73 Å². The third kappa shape index (κ3) is 8.51. The molecule has 2 aromatic heterocycles. The Bertz CT molecular complexity index is 1200. The number of nitrogens with zero attached hydrogens (tertiary/aromatic N) is 3. The largest absolute Gasteiger partial charge is 0.490 e. The molecule has 2 aromatic rings. The lowest BCUT2D eigenvalue weighted by Gasteiger charge is -2.27. The zero-order valence-electron chi connectivity index (χ0n) is 17.1. The van der Waals surface area contributed by atoms with Gasteiger partial charge in [0.2, 0.25) is 0 Å². The van der Waals surface area contributed by atoms with Gasteiger partial charge in [-0.05, 0) is 13.3 Å². The fraction of sp³-hybridized carbons (Fsp3) is 0.583. The molecule has 5 atom stereocenters. The number of ether oxygens (including phenoxy) is 1. The molecule has 0 aliphatic carbocycles. The minimum absolute atomic E-state index is 0.0176. The number of phosphoric acid groups is 3. The maximum atomic E-state index is 12.0. The lowest BCUT2D eigenvalue weighted by Crippen LogP contribution is -2.35. The predicted molar refractivity (Wildman–Crippen MR) is 114 cm³/mol. The minimum atomic E-state index is -5.72. The summed E-state index contributed by atoms with van der Waals surface area (Å²) < 4.78 is 53.0. The summed E-state index contributed by atoms with van der Waals surface area (Å²) in [7, 11) is -16.8. The normalized spacial score (nSPS) is 18.8. The molecule has 9 N–H and O–H groups in total. The van der Waals surface area contributed by atoms with E-state index in [0.717, 1.165) is 0 Å². The highest BCUT2D eigenvalue weighted by molar-refractivity contribution is 7.71. The number of hydrogen-bond acceptors (Lipinski definition) is 13. The first kappa shape index (κ1) is 29.1. The summed E-state index contributed by atoms with van der Waals surface area (Å²) in [6.45, 7) is 0.0353. The SMILES string of the molecule is CC(O[C@H](COP(=O)(O)OP(=O)(O)OP(=O)(O)O)[C@H](O)CCO)n1cnc2c(=S)nc(N)[nH]c21. The third-order valence-electron chi connectivity index (χ3n) is 3.90. The number of aromatic nitrogens is 4. The highest BCUT2D eigenvalue weighted by Crippen LogP contribution is 2.66. The van der Waals surface area contributed by atoms with Gasteiger partial charge in [0.25, 0.3) is 0 Å². The average molecular weight is 569 g/mol. The Kier molecular flexibility index (Phi) is 9.65. The highest BCUT2D eigenvalue weighted by Gasteiger charge is 2.41. The number of H-pyrrole nitrogens is 1. The van der Waals surface area contributed by atoms with Gasteiger partial charge in [0.1, 0.15) is 23.5 Å². The van der Waals surface area contributed by atoms with Crippen LogP contribution in [-0.2, 0) is 31.6 Å². The van der Waals surface area contributed by atoms with Crippen molar-refractivity contribution in [3.8, 4) is 0 Å². The number of aromatic amines is 1. The van der Waals surface area contributed by atoms with E-state index in [1.54, 1.807) is 0 Å². The molecule has 0 fully saturated rings. The van der Waals surface area contributed by atoms with Crippen LogP contribution >= 0.6 is 35.7 Å². The zero-order valence-corrected chi connectivity index (χ0v) is 20.6. The van der Waals surface area contributed by atoms with E-state index in [1.165, 1.54) is 17.8 Å². The monoisotopic (exact) mass is 569 g/mol. The summed E-state index contributed by atoms with van der Waals surface area (Å²) in [6.07, 6.45) is -2.83. The Morgan fingerprint density at radius 1 is 1.21 bits per heavy atom. The van der Waals surface area contributed by atoms with Crippen LogP contribution in [0.2, 0.25) is 0 Å². The number of aliphatic hydroxyl groups is 2. The molecule has 34 heavy (non-hydrogen) atoms. The molecule has 194 valence electrons. The number of imidazole rings is 1. The quantitative estimate of drug-likeness (QED) is 0.117. The van der Waals surface area contributed by atoms with E-state index < -0.39 is 55.1 Å². The lowest BCUT2D eigenvalue weighted by atomic mass is 10.1. The number of anilines is 1. The van der Waals surface area contributed by atoms with E-state index in [9.17, 15) is 28.6 Å². The first-order valence-electron chi connectivity index (χ1n) is 8.98. The number of phosphoric ester groups is 1. The Morgan fingerprint density at radius 3 is 2.44 bits per heavy atom. The van der Waals surface area contributed by atoms with Gasteiger partial charge in [-0.25, -0.2) is 23.7 Å². The van der Waals surface area contributed by atoms with Gasteiger partial charge < -0.3 is 45.2 Å². The molecule has 18 nitrogen and oxygen atoms in total. The molecule has 0 aliphatic rings. The van der Waals surface area contributed by atoms with Gasteiger partial charge in [0.15, 0.2) is 10.6 Å². The first-order valence-corrected chi connectivity index (χ1v) is 13.9. The van der Waals surface area contributed by atoms with Crippen molar-refractivity contribution in [2.75, 3.05) is 18.9 Å². The topological polar surface area (TPSA) is 282 Å². The summed E-state index contributed by atoms with van der Waals surface area (Å²) in [4.78, 5) is 46.6. The van der Waals surface area contributed by atoms with Crippen molar-refractivity contribution < 1.29 is 61.4 Å². The number of fused-ring (bicyclic) bond motifs is 1. The van der Waals surface area contributed by atoms with Gasteiger partial charge in [0.05, 0.1) is 19.0 Å². The van der Waals surface area contributed by atoms with Crippen LogP contribution in [0.25, 0.3) is 11.2 Å². The van der Waals surface area contributed by atoms with Crippen molar-refractivity contribution in [3.63, 3.8) is 0 Å². The van der Waals surface area contributed by atoms with Gasteiger partial charge in [-0.15, -0.1) is 0 Å². The fourth-order valence-corrected chi connectivity index (χ4v) is 5.85. The summed E-state index contributed by atoms with van der Waals surface area (Å²) in [6, 6.07) is 0. The Morgan fingerprint density at radius 2 is 1.85 bits per heavy atom. The number of nitrogens with one attached hydrogen (secondary N) is 1. The molecule has 0 aliphatic heterocycles. The smallest absolute Gasteiger partial charge is 0.396 e. The predicted octanol–water partition coefficient (Wildman–Crippen LogP) is 0.0614. The molecule has 0 radical (unpaired) electrons. The molecule has 0 saturated heterocycles. The fourth-order valence-electron chi connectivity index (χ4n) is 2.58. The molecule has 3 unspecified atom stereocenters. The maximum absolute atomic E-state index is 12.0. The van der Waals surface area contributed by atoms with Gasteiger partial charge in [0, 0.05) is 6.61 Å². The van der Waals surface area contributed by atoms with E-state index in [-0.39, 0.29) is 22.5 Å². The molecule has 2 rings (SSSR count).